The lowest BCUT2D eigenvalue weighted by molar-refractivity contribution is -0.124. The predicted molar refractivity (Wildman–Crippen MR) is 96.4 cm³/mol. The molecule has 2 aromatic rings. The second kappa shape index (κ2) is 7.47. The fourth-order valence-electron chi connectivity index (χ4n) is 3.24. The average molecular weight is 338 g/mol. The summed E-state index contributed by atoms with van der Waals surface area (Å²) in [6.07, 6.45) is 4.31. The van der Waals surface area contributed by atoms with Crippen molar-refractivity contribution in [2.45, 2.75) is 26.2 Å². The van der Waals surface area contributed by atoms with Gasteiger partial charge in [0.05, 0.1) is 11.1 Å². The zero-order valence-electron chi connectivity index (χ0n) is 14.4. The molecule has 0 fully saturated rings. The molecule has 0 aliphatic heterocycles. The van der Waals surface area contributed by atoms with E-state index in [1.807, 2.05) is 24.3 Å². The van der Waals surface area contributed by atoms with Crippen molar-refractivity contribution < 1.29 is 14.3 Å². The number of ether oxygens (including phenoxy) is 1. The van der Waals surface area contributed by atoms with Gasteiger partial charge in [0, 0.05) is 17.6 Å². The second-order valence-corrected chi connectivity index (χ2v) is 6.45. The summed E-state index contributed by atoms with van der Waals surface area (Å²) in [6, 6.07) is 7.58. The summed E-state index contributed by atoms with van der Waals surface area (Å²) in [5.74, 6) is -0.301. The summed E-state index contributed by atoms with van der Waals surface area (Å²) in [4.78, 5) is 29.2. The van der Waals surface area contributed by atoms with Crippen molar-refractivity contribution in [2.75, 3.05) is 13.2 Å². The van der Waals surface area contributed by atoms with Gasteiger partial charge in [0.25, 0.3) is 5.91 Å². The van der Waals surface area contributed by atoms with Gasteiger partial charge < -0.3 is 10.1 Å². The van der Waals surface area contributed by atoms with Crippen LogP contribution in [0.1, 0.15) is 35.0 Å². The lowest BCUT2D eigenvalue weighted by atomic mass is 9.84. The van der Waals surface area contributed by atoms with Crippen molar-refractivity contribution in [1.82, 2.24) is 10.3 Å². The Hall–Kier alpha value is -2.69. The van der Waals surface area contributed by atoms with Gasteiger partial charge in [0.2, 0.25) is 0 Å². The highest BCUT2D eigenvalue weighted by atomic mass is 16.5. The van der Waals surface area contributed by atoms with Crippen LogP contribution in [-0.4, -0.2) is 30.0 Å². The minimum Gasteiger partial charge on any atom is -0.452 e. The minimum absolute atomic E-state index is 0.298. The number of fused-ring (bicyclic) bond motifs is 2. The van der Waals surface area contributed by atoms with Crippen LogP contribution in [0.15, 0.2) is 36.9 Å². The Balaban J connectivity index is 1.93. The van der Waals surface area contributed by atoms with E-state index in [2.05, 4.69) is 18.8 Å². The zero-order chi connectivity index (χ0) is 17.8. The number of nitrogens with zero attached hydrogens (tertiary/aromatic N) is 1. The number of amides is 1. The van der Waals surface area contributed by atoms with Crippen molar-refractivity contribution in [2.24, 2.45) is 5.92 Å². The van der Waals surface area contributed by atoms with Crippen molar-refractivity contribution >= 4 is 22.8 Å². The highest BCUT2D eigenvalue weighted by Gasteiger charge is 2.26. The molecule has 5 heteroatoms. The summed E-state index contributed by atoms with van der Waals surface area (Å²) in [7, 11) is 0. The van der Waals surface area contributed by atoms with Gasteiger partial charge in [0.15, 0.2) is 6.61 Å². The van der Waals surface area contributed by atoms with Crippen LogP contribution in [0.5, 0.6) is 0 Å². The number of esters is 1. The van der Waals surface area contributed by atoms with E-state index in [1.54, 1.807) is 6.08 Å². The van der Waals surface area contributed by atoms with Gasteiger partial charge in [-0.1, -0.05) is 31.2 Å². The van der Waals surface area contributed by atoms with E-state index >= 15 is 0 Å². The maximum Gasteiger partial charge on any atom is 0.339 e. The number of carbonyl (C=O) groups is 2. The smallest absolute Gasteiger partial charge is 0.339 e. The molecule has 0 saturated carbocycles. The van der Waals surface area contributed by atoms with Crippen LogP contribution in [0.4, 0.5) is 0 Å². The number of pyridine rings is 1. The Bertz CT molecular complexity index is 829. The van der Waals surface area contributed by atoms with Gasteiger partial charge in [-0.3, -0.25) is 9.78 Å². The van der Waals surface area contributed by atoms with E-state index < -0.39 is 5.97 Å². The lowest BCUT2D eigenvalue weighted by Crippen LogP contribution is -2.29. The highest BCUT2D eigenvalue weighted by Crippen LogP contribution is 2.31. The topological polar surface area (TPSA) is 68.3 Å². The standard InChI is InChI=1S/C20H22N2O3/c1-3-10-21-18(23)12-25-20(24)19-14-6-4-5-7-16(14)22-17-9-8-13(2)11-15(17)19/h3-7,13H,1,8-12H2,2H3,(H,21,23). The van der Waals surface area contributed by atoms with Crippen LogP contribution in [0.3, 0.4) is 0 Å². The van der Waals surface area contributed by atoms with Crippen molar-refractivity contribution in [3.05, 3.63) is 53.7 Å². The van der Waals surface area contributed by atoms with Crippen LogP contribution >= 0.6 is 0 Å². The van der Waals surface area contributed by atoms with Crippen molar-refractivity contribution in [1.29, 1.82) is 0 Å². The molecular formula is C20H22N2O3. The second-order valence-electron chi connectivity index (χ2n) is 6.45. The van der Waals surface area contributed by atoms with Gasteiger partial charge in [-0.25, -0.2) is 4.79 Å². The van der Waals surface area contributed by atoms with Crippen LogP contribution in [0.25, 0.3) is 10.9 Å². The number of carbonyl (C=O) groups excluding carboxylic acids is 2. The largest absolute Gasteiger partial charge is 0.452 e. The Morgan fingerprint density at radius 2 is 2.20 bits per heavy atom. The number of benzene rings is 1. The van der Waals surface area contributed by atoms with E-state index in [-0.39, 0.29) is 12.5 Å². The number of aryl methyl sites for hydroxylation is 1. The Morgan fingerprint density at radius 3 is 3.00 bits per heavy atom. The molecule has 1 aliphatic rings. The molecule has 0 spiro atoms. The van der Waals surface area contributed by atoms with E-state index in [1.165, 1.54) is 0 Å². The van der Waals surface area contributed by atoms with Crippen molar-refractivity contribution in [3.63, 3.8) is 0 Å². The molecule has 25 heavy (non-hydrogen) atoms. The first-order chi connectivity index (χ1) is 12.1. The summed E-state index contributed by atoms with van der Waals surface area (Å²) >= 11 is 0. The maximum atomic E-state index is 12.8. The molecule has 1 N–H and O–H groups in total. The minimum atomic E-state index is -0.460. The molecule has 1 amide bonds. The van der Waals surface area contributed by atoms with E-state index in [0.29, 0.717) is 18.0 Å². The fourth-order valence-corrected chi connectivity index (χ4v) is 3.24. The van der Waals surface area contributed by atoms with E-state index in [0.717, 1.165) is 41.4 Å². The summed E-state index contributed by atoms with van der Waals surface area (Å²) in [5.41, 5.74) is 3.29. The molecule has 1 heterocycles. The van der Waals surface area contributed by atoms with Gasteiger partial charge in [-0.05, 0) is 36.8 Å². The third-order valence-corrected chi connectivity index (χ3v) is 4.49. The lowest BCUT2D eigenvalue weighted by Gasteiger charge is -2.24. The molecule has 130 valence electrons. The van der Waals surface area contributed by atoms with Crippen LogP contribution in [-0.2, 0) is 22.4 Å². The van der Waals surface area contributed by atoms with Crippen LogP contribution in [0, 0.1) is 5.92 Å². The van der Waals surface area contributed by atoms with E-state index in [9.17, 15) is 9.59 Å². The molecule has 1 aliphatic carbocycles. The number of hydrogen-bond acceptors (Lipinski definition) is 4. The first kappa shape index (κ1) is 17.1. The summed E-state index contributed by atoms with van der Waals surface area (Å²) in [6.45, 7) is 5.76. The van der Waals surface area contributed by atoms with E-state index in [4.69, 9.17) is 9.72 Å². The van der Waals surface area contributed by atoms with Gasteiger partial charge in [0.1, 0.15) is 0 Å². The van der Waals surface area contributed by atoms with Crippen LogP contribution in [0.2, 0.25) is 0 Å². The molecule has 5 nitrogen and oxygen atoms in total. The Kier molecular flexibility index (Phi) is 5.12. The molecule has 1 atom stereocenters. The van der Waals surface area contributed by atoms with Gasteiger partial charge in [-0.15, -0.1) is 6.58 Å². The maximum absolute atomic E-state index is 12.8. The van der Waals surface area contributed by atoms with Gasteiger partial charge in [-0.2, -0.15) is 0 Å². The average Bonchev–Trinajstić information content (AvgIpc) is 2.62. The molecule has 0 radical (unpaired) electrons. The number of nitrogens with one attached hydrogen (secondary N) is 1. The molecule has 0 saturated heterocycles. The third kappa shape index (κ3) is 3.71. The fraction of sp³-hybridized carbons (Fsp3) is 0.350. The molecular weight excluding hydrogens is 316 g/mol. The molecule has 0 bridgehead atoms. The molecule has 3 rings (SSSR count). The zero-order valence-corrected chi connectivity index (χ0v) is 14.4. The molecule has 1 unspecified atom stereocenters. The Morgan fingerprint density at radius 1 is 1.40 bits per heavy atom. The quantitative estimate of drug-likeness (QED) is 0.672. The molecule has 1 aromatic heterocycles. The number of aromatic nitrogens is 1. The number of rotatable bonds is 5. The normalized spacial score (nSPS) is 16.1. The first-order valence-electron chi connectivity index (χ1n) is 8.55. The summed E-state index contributed by atoms with van der Waals surface area (Å²) < 4.78 is 5.28. The van der Waals surface area contributed by atoms with Gasteiger partial charge >= 0.3 is 5.97 Å². The third-order valence-electron chi connectivity index (χ3n) is 4.49. The SMILES string of the molecule is C=CCNC(=O)COC(=O)c1c2c(nc3ccccc13)CCC(C)C2. The molecule has 1 aromatic carbocycles. The van der Waals surface area contributed by atoms with Crippen LogP contribution < -0.4 is 5.32 Å². The Labute approximate surface area is 147 Å². The highest BCUT2D eigenvalue weighted by molar-refractivity contribution is 6.05. The summed E-state index contributed by atoms with van der Waals surface area (Å²) in [5, 5.41) is 3.38. The predicted octanol–water partition coefficient (Wildman–Crippen LogP) is 2.82. The number of hydrogen-bond donors (Lipinski definition) is 1. The van der Waals surface area contributed by atoms with Crippen molar-refractivity contribution in [3.8, 4) is 0 Å². The number of para-hydroxylation sites is 1. The first-order valence-corrected chi connectivity index (χ1v) is 8.55. The monoisotopic (exact) mass is 338 g/mol.